The largest absolute Gasteiger partial charge is 0.496 e. The Hall–Kier alpha value is -1.64. The average Bonchev–Trinajstić information content (AvgIpc) is 2.38. The third kappa shape index (κ3) is 4.51. The van der Waals surface area contributed by atoms with Gasteiger partial charge in [0.15, 0.2) is 5.78 Å². The highest BCUT2D eigenvalue weighted by molar-refractivity contribution is 5.96. The zero-order chi connectivity index (χ0) is 14.3. The number of benzene rings is 1. The maximum atomic E-state index is 12.1. The maximum absolute atomic E-state index is 12.1. The smallest absolute Gasteiger partial charge is 0.162 e. The highest BCUT2D eigenvalue weighted by Crippen LogP contribution is 2.25. The Bertz CT molecular complexity index is 426. The molecule has 0 aliphatic rings. The Morgan fingerprint density at radius 2 is 1.79 bits per heavy atom. The average molecular weight is 262 g/mol. The molecule has 0 heterocycles. The fourth-order valence-electron chi connectivity index (χ4n) is 2.27. The van der Waals surface area contributed by atoms with Gasteiger partial charge in [-0.05, 0) is 49.9 Å². The molecule has 0 radical (unpaired) electrons. The highest BCUT2D eigenvalue weighted by Gasteiger charge is 2.10. The second-order valence-corrected chi connectivity index (χ2v) is 4.83. The predicted molar refractivity (Wildman–Crippen MR) is 75.9 cm³/mol. The van der Waals surface area contributed by atoms with Gasteiger partial charge < -0.3 is 9.53 Å². The van der Waals surface area contributed by atoms with Crippen LogP contribution in [0.25, 0.3) is 0 Å². The second kappa shape index (κ2) is 7.72. The van der Waals surface area contributed by atoms with E-state index < -0.39 is 0 Å². The van der Waals surface area contributed by atoms with Crippen LogP contribution in [-0.4, -0.2) is 19.2 Å². The molecule has 0 saturated carbocycles. The zero-order valence-electron chi connectivity index (χ0n) is 12.0. The Balaban J connectivity index is 2.60. The molecule has 3 heteroatoms. The molecule has 0 saturated heterocycles. The molecule has 0 fully saturated rings. The first-order chi connectivity index (χ1) is 9.10. The van der Waals surface area contributed by atoms with Crippen LogP contribution in [-0.2, 0) is 4.79 Å². The lowest BCUT2D eigenvalue weighted by Gasteiger charge is -2.10. The number of aryl methyl sites for hydroxylation is 2. The monoisotopic (exact) mass is 262 g/mol. The van der Waals surface area contributed by atoms with Crippen LogP contribution in [0.1, 0.15) is 53.6 Å². The van der Waals surface area contributed by atoms with Crippen molar-refractivity contribution in [2.45, 2.75) is 46.0 Å². The highest BCUT2D eigenvalue weighted by atomic mass is 16.5. The summed E-state index contributed by atoms with van der Waals surface area (Å²) in [4.78, 5) is 22.3. The van der Waals surface area contributed by atoms with Gasteiger partial charge in [0.05, 0.1) is 7.11 Å². The van der Waals surface area contributed by atoms with Gasteiger partial charge in [-0.1, -0.05) is 6.42 Å². The van der Waals surface area contributed by atoms with E-state index >= 15 is 0 Å². The third-order valence-corrected chi connectivity index (χ3v) is 3.21. The molecule has 104 valence electrons. The van der Waals surface area contributed by atoms with Crippen LogP contribution in [0.5, 0.6) is 5.75 Å². The van der Waals surface area contributed by atoms with Crippen molar-refractivity contribution in [3.05, 3.63) is 28.8 Å². The molecule has 0 bridgehead atoms. The summed E-state index contributed by atoms with van der Waals surface area (Å²) in [6.07, 6.45) is 4.71. The molecule has 0 atom stereocenters. The van der Waals surface area contributed by atoms with Crippen LogP contribution < -0.4 is 4.74 Å². The summed E-state index contributed by atoms with van der Waals surface area (Å²) >= 11 is 0. The molecule has 0 spiro atoms. The summed E-state index contributed by atoms with van der Waals surface area (Å²) in [6, 6.07) is 3.78. The van der Waals surface area contributed by atoms with E-state index in [2.05, 4.69) is 0 Å². The van der Waals surface area contributed by atoms with Crippen molar-refractivity contribution < 1.29 is 14.3 Å². The number of hydrogen-bond acceptors (Lipinski definition) is 3. The minimum Gasteiger partial charge on any atom is -0.496 e. The fraction of sp³-hybridized carbons (Fsp3) is 0.500. The van der Waals surface area contributed by atoms with Crippen LogP contribution >= 0.6 is 0 Å². The zero-order valence-corrected chi connectivity index (χ0v) is 12.0. The summed E-state index contributed by atoms with van der Waals surface area (Å²) in [5, 5.41) is 0. The van der Waals surface area contributed by atoms with Crippen molar-refractivity contribution in [3.8, 4) is 5.75 Å². The van der Waals surface area contributed by atoms with E-state index in [-0.39, 0.29) is 5.78 Å². The van der Waals surface area contributed by atoms with Gasteiger partial charge >= 0.3 is 0 Å². The molecule has 3 nitrogen and oxygen atoms in total. The lowest BCUT2D eigenvalue weighted by Crippen LogP contribution is -2.02. The van der Waals surface area contributed by atoms with E-state index in [1.165, 1.54) is 0 Å². The Morgan fingerprint density at radius 1 is 1.16 bits per heavy atom. The summed E-state index contributed by atoms with van der Waals surface area (Å²) in [5.41, 5.74) is 2.74. The lowest BCUT2D eigenvalue weighted by atomic mass is 9.99. The molecule has 0 N–H and O–H groups in total. The summed E-state index contributed by atoms with van der Waals surface area (Å²) in [5.74, 6) is 1.02. The molecule has 0 aromatic heterocycles. The topological polar surface area (TPSA) is 43.4 Å². The number of Topliss-reactive ketones (excluding diaryl/α,β-unsaturated/α-hetero) is 1. The summed E-state index contributed by atoms with van der Waals surface area (Å²) in [7, 11) is 1.64. The number of aldehydes is 1. The number of unbranched alkanes of at least 4 members (excludes halogenated alkanes) is 3. The first-order valence-electron chi connectivity index (χ1n) is 6.72. The van der Waals surface area contributed by atoms with Gasteiger partial charge in [-0.25, -0.2) is 0 Å². The van der Waals surface area contributed by atoms with Crippen LogP contribution in [0, 0.1) is 13.8 Å². The number of methoxy groups -OCH3 is 1. The Labute approximate surface area is 115 Å². The van der Waals surface area contributed by atoms with Gasteiger partial charge in [-0.2, -0.15) is 0 Å². The number of carbonyl (C=O) groups is 2. The predicted octanol–water partition coefficient (Wildman–Crippen LogP) is 3.64. The molecular formula is C16H22O3. The van der Waals surface area contributed by atoms with E-state index in [4.69, 9.17) is 4.74 Å². The third-order valence-electron chi connectivity index (χ3n) is 3.21. The number of ketones is 1. The van der Waals surface area contributed by atoms with Crippen molar-refractivity contribution >= 4 is 12.1 Å². The number of ether oxygens (including phenoxy) is 1. The molecule has 0 aliphatic carbocycles. The van der Waals surface area contributed by atoms with E-state index in [0.29, 0.717) is 12.8 Å². The Kier molecular flexibility index (Phi) is 6.26. The first-order valence-corrected chi connectivity index (χ1v) is 6.72. The minimum atomic E-state index is 0.167. The molecule has 1 rings (SSSR count). The van der Waals surface area contributed by atoms with E-state index in [1.54, 1.807) is 7.11 Å². The van der Waals surface area contributed by atoms with Gasteiger partial charge in [-0.3, -0.25) is 4.79 Å². The fourth-order valence-corrected chi connectivity index (χ4v) is 2.27. The van der Waals surface area contributed by atoms with Gasteiger partial charge in [0.25, 0.3) is 0 Å². The first kappa shape index (κ1) is 15.4. The SMILES string of the molecule is COc1c(C)cc(C(=O)CCCCCC=O)cc1C. The molecule has 0 aliphatic heterocycles. The molecule has 0 unspecified atom stereocenters. The lowest BCUT2D eigenvalue weighted by molar-refractivity contribution is -0.107. The van der Waals surface area contributed by atoms with Crippen molar-refractivity contribution in [1.29, 1.82) is 0 Å². The van der Waals surface area contributed by atoms with Crippen molar-refractivity contribution in [3.63, 3.8) is 0 Å². The van der Waals surface area contributed by atoms with Crippen molar-refractivity contribution in [2.24, 2.45) is 0 Å². The van der Waals surface area contributed by atoms with E-state index in [9.17, 15) is 9.59 Å². The van der Waals surface area contributed by atoms with E-state index in [0.717, 1.165) is 48.0 Å². The van der Waals surface area contributed by atoms with Crippen LogP contribution in [0.3, 0.4) is 0 Å². The normalized spacial score (nSPS) is 10.3. The number of rotatable bonds is 8. The summed E-state index contributed by atoms with van der Waals surface area (Å²) < 4.78 is 5.29. The van der Waals surface area contributed by atoms with Gasteiger partial charge in [0.1, 0.15) is 12.0 Å². The van der Waals surface area contributed by atoms with Crippen molar-refractivity contribution in [2.75, 3.05) is 7.11 Å². The van der Waals surface area contributed by atoms with E-state index in [1.807, 2.05) is 26.0 Å². The molecule has 1 aromatic carbocycles. The van der Waals surface area contributed by atoms with Crippen molar-refractivity contribution in [1.82, 2.24) is 0 Å². The van der Waals surface area contributed by atoms with Crippen LogP contribution in [0.2, 0.25) is 0 Å². The second-order valence-electron chi connectivity index (χ2n) is 4.83. The van der Waals surface area contributed by atoms with Gasteiger partial charge in [-0.15, -0.1) is 0 Å². The quantitative estimate of drug-likeness (QED) is 0.408. The number of hydrogen-bond donors (Lipinski definition) is 0. The molecule has 0 amide bonds. The van der Waals surface area contributed by atoms with Gasteiger partial charge in [0, 0.05) is 18.4 Å². The van der Waals surface area contributed by atoms with Crippen LogP contribution in [0.4, 0.5) is 0 Å². The Morgan fingerprint density at radius 3 is 2.32 bits per heavy atom. The number of carbonyl (C=O) groups excluding carboxylic acids is 2. The molecule has 1 aromatic rings. The van der Waals surface area contributed by atoms with Crippen LogP contribution in [0.15, 0.2) is 12.1 Å². The minimum absolute atomic E-state index is 0.167. The molecule has 19 heavy (non-hydrogen) atoms. The maximum Gasteiger partial charge on any atom is 0.162 e. The standard InChI is InChI=1S/C16H22O3/c1-12-10-14(11-13(2)16(12)19-3)15(18)8-6-4-5-7-9-17/h9-11H,4-8H2,1-3H3. The van der Waals surface area contributed by atoms with Gasteiger partial charge in [0.2, 0.25) is 0 Å². The summed E-state index contributed by atoms with van der Waals surface area (Å²) in [6.45, 7) is 3.90. The molecular weight excluding hydrogens is 240 g/mol.